The van der Waals surface area contributed by atoms with Gasteiger partial charge in [-0.1, -0.05) is 13.0 Å². The molecule has 1 N–H and O–H groups in total. The molecule has 0 saturated carbocycles. The van der Waals surface area contributed by atoms with Gasteiger partial charge in [0.1, 0.15) is 24.8 Å². The van der Waals surface area contributed by atoms with Crippen molar-refractivity contribution in [3.8, 4) is 11.5 Å². The molecule has 1 aromatic carbocycles. The summed E-state index contributed by atoms with van der Waals surface area (Å²) in [5.41, 5.74) is 1.03. The van der Waals surface area contributed by atoms with E-state index in [0.29, 0.717) is 18.9 Å². The first kappa shape index (κ1) is 16.8. The van der Waals surface area contributed by atoms with E-state index in [0.717, 1.165) is 17.7 Å². The molecule has 0 saturated heterocycles. The molecule has 3 nitrogen and oxygen atoms in total. The van der Waals surface area contributed by atoms with Crippen molar-refractivity contribution in [1.82, 2.24) is 5.32 Å². The van der Waals surface area contributed by atoms with Crippen LogP contribution in [-0.4, -0.2) is 25.4 Å². The summed E-state index contributed by atoms with van der Waals surface area (Å²) >= 11 is 0. The van der Waals surface area contributed by atoms with Crippen molar-refractivity contribution in [3.05, 3.63) is 23.8 Å². The molecular formula is C16H26FNO2. The summed E-state index contributed by atoms with van der Waals surface area (Å²) in [7, 11) is 0. The Bertz CT molecular complexity index is 402. The Kier molecular flexibility index (Phi) is 6.79. The fourth-order valence-electron chi connectivity index (χ4n) is 1.63. The lowest BCUT2D eigenvalue weighted by Gasteiger charge is -2.22. The minimum Gasteiger partial charge on any atom is -0.493 e. The van der Waals surface area contributed by atoms with Crippen LogP contribution in [0.1, 0.15) is 39.7 Å². The van der Waals surface area contributed by atoms with Crippen molar-refractivity contribution in [1.29, 1.82) is 0 Å². The lowest BCUT2D eigenvalue weighted by Crippen LogP contribution is -2.35. The molecule has 0 unspecified atom stereocenters. The number of rotatable bonds is 8. The summed E-state index contributed by atoms with van der Waals surface area (Å²) in [5, 5.41) is 3.40. The van der Waals surface area contributed by atoms with Gasteiger partial charge in [-0.3, -0.25) is 0 Å². The van der Waals surface area contributed by atoms with E-state index in [1.807, 2.05) is 18.2 Å². The van der Waals surface area contributed by atoms with Crippen LogP contribution in [0.15, 0.2) is 18.2 Å². The second-order valence-electron chi connectivity index (χ2n) is 5.76. The Morgan fingerprint density at radius 1 is 1.15 bits per heavy atom. The van der Waals surface area contributed by atoms with Crippen molar-refractivity contribution in [3.63, 3.8) is 0 Å². The normalized spacial score (nSPS) is 11.4. The quantitative estimate of drug-likeness (QED) is 0.789. The largest absolute Gasteiger partial charge is 0.493 e. The van der Waals surface area contributed by atoms with Crippen molar-refractivity contribution >= 4 is 0 Å². The first-order valence-electron chi connectivity index (χ1n) is 7.16. The molecule has 114 valence electrons. The van der Waals surface area contributed by atoms with E-state index < -0.39 is 6.67 Å². The predicted molar refractivity (Wildman–Crippen MR) is 80.3 cm³/mol. The van der Waals surface area contributed by atoms with Crippen molar-refractivity contribution in [2.24, 2.45) is 0 Å². The highest BCUT2D eigenvalue weighted by atomic mass is 19.1. The Morgan fingerprint density at radius 3 is 2.50 bits per heavy atom. The van der Waals surface area contributed by atoms with Crippen LogP contribution in [0.2, 0.25) is 0 Å². The Morgan fingerprint density at radius 2 is 1.90 bits per heavy atom. The van der Waals surface area contributed by atoms with Gasteiger partial charge in [0.25, 0.3) is 0 Å². The smallest absolute Gasteiger partial charge is 0.127 e. The summed E-state index contributed by atoms with van der Waals surface area (Å²) in [6.45, 7) is 9.30. The molecule has 1 aromatic rings. The van der Waals surface area contributed by atoms with Crippen LogP contribution >= 0.6 is 0 Å². The lowest BCUT2D eigenvalue weighted by molar-refractivity contribution is 0.266. The van der Waals surface area contributed by atoms with E-state index in [9.17, 15) is 4.39 Å². The average molecular weight is 283 g/mol. The summed E-state index contributed by atoms with van der Waals surface area (Å²) in [6.07, 6.45) is 0.952. The second-order valence-corrected chi connectivity index (χ2v) is 5.76. The molecule has 0 radical (unpaired) electrons. The molecule has 0 bridgehead atoms. The predicted octanol–water partition coefficient (Wildman–Crippen LogP) is 3.71. The van der Waals surface area contributed by atoms with Gasteiger partial charge >= 0.3 is 0 Å². The molecule has 4 heteroatoms. The number of benzene rings is 1. The van der Waals surface area contributed by atoms with E-state index in [4.69, 9.17) is 9.47 Å². The monoisotopic (exact) mass is 283 g/mol. The molecule has 0 atom stereocenters. The molecule has 0 aromatic heterocycles. The van der Waals surface area contributed by atoms with Gasteiger partial charge in [-0.2, -0.15) is 0 Å². The van der Waals surface area contributed by atoms with Crippen molar-refractivity contribution < 1.29 is 13.9 Å². The maximum Gasteiger partial charge on any atom is 0.127 e. The van der Waals surface area contributed by atoms with Gasteiger partial charge in [-0.25, -0.2) is 4.39 Å². The Labute approximate surface area is 121 Å². The van der Waals surface area contributed by atoms with Gasteiger partial charge in [-0.15, -0.1) is 0 Å². The highest BCUT2D eigenvalue weighted by Crippen LogP contribution is 2.25. The van der Waals surface area contributed by atoms with Gasteiger partial charge in [0.05, 0.1) is 6.61 Å². The number of hydrogen-bond donors (Lipinski definition) is 1. The molecule has 0 aliphatic rings. The van der Waals surface area contributed by atoms with Crippen LogP contribution < -0.4 is 14.8 Å². The number of ether oxygens (including phenoxy) is 2. The van der Waals surface area contributed by atoms with Crippen LogP contribution in [0.5, 0.6) is 11.5 Å². The maximum atomic E-state index is 12.3. The minimum atomic E-state index is -0.494. The zero-order valence-corrected chi connectivity index (χ0v) is 13.0. The molecule has 0 fully saturated rings. The van der Waals surface area contributed by atoms with E-state index >= 15 is 0 Å². The molecule has 0 amide bonds. The van der Waals surface area contributed by atoms with Crippen molar-refractivity contribution in [2.45, 2.75) is 46.2 Å². The first-order valence-corrected chi connectivity index (χ1v) is 7.16. The summed E-state index contributed by atoms with van der Waals surface area (Å²) < 4.78 is 23.4. The fourth-order valence-corrected chi connectivity index (χ4v) is 1.63. The zero-order chi connectivity index (χ0) is 15.0. The molecule has 0 aliphatic carbocycles. The zero-order valence-electron chi connectivity index (χ0n) is 13.0. The van der Waals surface area contributed by atoms with Crippen molar-refractivity contribution in [2.75, 3.05) is 19.9 Å². The SMILES string of the molecule is CCCOc1ccc(CNC(C)(C)C)c(OCCF)c1. The van der Waals surface area contributed by atoms with Crippen LogP contribution in [0, 0.1) is 0 Å². The highest BCUT2D eigenvalue weighted by molar-refractivity contribution is 5.40. The van der Waals surface area contributed by atoms with E-state index in [-0.39, 0.29) is 12.1 Å². The molecule has 1 rings (SSSR count). The van der Waals surface area contributed by atoms with Gasteiger partial charge in [0.2, 0.25) is 0 Å². The maximum absolute atomic E-state index is 12.3. The lowest BCUT2D eigenvalue weighted by atomic mass is 10.1. The number of halogens is 1. The number of alkyl halides is 1. The van der Waals surface area contributed by atoms with Gasteiger partial charge in [0, 0.05) is 23.7 Å². The van der Waals surface area contributed by atoms with Gasteiger partial charge in [-0.05, 0) is 33.3 Å². The van der Waals surface area contributed by atoms with Gasteiger partial charge in [0.15, 0.2) is 0 Å². The third-order valence-electron chi connectivity index (χ3n) is 2.66. The number of hydrogen-bond acceptors (Lipinski definition) is 3. The third-order valence-corrected chi connectivity index (χ3v) is 2.66. The summed E-state index contributed by atoms with van der Waals surface area (Å²) in [6, 6.07) is 5.74. The van der Waals surface area contributed by atoms with Gasteiger partial charge < -0.3 is 14.8 Å². The topological polar surface area (TPSA) is 30.5 Å². The molecular weight excluding hydrogens is 257 g/mol. The minimum absolute atomic E-state index is 0.0226. The Balaban J connectivity index is 2.79. The summed E-state index contributed by atoms with van der Waals surface area (Å²) in [5.74, 6) is 1.45. The highest BCUT2D eigenvalue weighted by Gasteiger charge is 2.12. The van der Waals surface area contributed by atoms with E-state index in [1.165, 1.54) is 0 Å². The van der Waals surface area contributed by atoms with E-state index in [1.54, 1.807) is 0 Å². The fraction of sp³-hybridized carbons (Fsp3) is 0.625. The van der Waals surface area contributed by atoms with E-state index in [2.05, 4.69) is 33.0 Å². The second kappa shape index (κ2) is 8.10. The summed E-state index contributed by atoms with van der Waals surface area (Å²) in [4.78, 5) is 0. The molecule has 0 aliphatic heterocycles. The number of nitrogens with one attached hydrogen (secondary N) is 1. The van der Waals surface area contributed by atoms with Crippen LogP contribution in [0.4, 0.5) is 4.39 Å². The standard InChI is InChI=1S/C16H26FNO2/c1-5-9-19-14-7-6-13(12-18-16(2,3)4)15(11-14)20-10-8-17/h6-7,11,18H,5,8-10,12H2,1-4H3. The molecule has 20 heavy (non-hydrogen) atoms. The molecule has 0 heterocycles. The first-order chi connectivity index (χ1) is 9.46. The van der Waals surface area contributed by atoms with Crippen LogP contribution in [0.3, 0.4) is 0 Å². The van der Waals surface area contributed by atoms with Crippen LogP contribution in [-0.2, 0) is 6.54 Å². The Hall–Kier alpha value is -1.29. The average Bonchev–Trinajstić information content (AvgIpc) is 2.40. The van der Waals surface area contributed by atoms with Crippen LogP contribution in [0.25, 0.3) is 0 Å². The molecule has 0 spiro atoms. The third kappa shape index (κ3) is 6.24.